The minimum absolute atomic E-state index is 0.413. The second kappa shape index (κ2) is 7.88. The average molecular weight is 345 g/mol. The Labute approximate surface area is 155 Å². The van der Waals surface area contributed by atoms with Crippen molar-refractivity contribution in [3.63, 3.8) is 0 Å². The average Bonchev–Trinajstić information content (AvgIpc) is 2.70. The van der Waals surface area contributed by atoms with E-state index < -0.39 is 0 Å². The molecule has 1 atom stereocenters. The Morgan fingerprint density at radius 3 is 2.46 bits per heavy atom. The van der Waals surface area contributed by atoms with Crippen LogP contribution in [0.2, 0.25) is 0 Å². The van der Waals surface area contributed by atoms with Gasteiger partial charge in [-0.05, 0) is 50.3 Å². The number of nitrogens with zero attached hydrogens (tertiary/aromatic N) is 1. The van der Waals surface area contributed by atoms with Gasteiger partial charge in [0, 0.05) is 47.0 Å². The highest BCUT2D eigenvalue weighted by Crippen LogP contribution is 2.28. The Kier molecular flexibility index (Phi) is 5.16. The van der Waals surface area contributed by atoms with Crippen LogP contribution in [0, 0.1) is 0 Å². The van der Waals surface area contributed by atoms with Crippen LogP contribution < -0.4 is 10.6 Å². The van der Waals surface area contributed by atoms with Crippen LogP contribution in [0.5, 0.6) is 0 Å². The molecule has 0 saturated heterocycles. The molecule has 3 aromatic rings. The zero-order valence-electron chi connectivity index (χ0n) is 15.4. The number of hydrogen-bond acceptors (Lipinski definition) is 3. The molecule has 0 radical (unpaired) electrons. The van der Waals surface area contributed by atoms with Gasteiger partial charge in [0.15, 0.2) is 0 Å². The fraction of sp³-hybridized carbons (Fsp3) is 0.348. The summed E-state index contributed by atoms with van der Waals surface area (Å²) >= 11 is 0. The first kappa shape index (κ1) is 17.0. The molecule has 0 amide bonds. The highest BCUT2D eigenvalue weighted by atomic mass is 15.0. The number of pyridine rings is 1. The first-order valence-corrected chi connectivity index (χ1v) is 9.70. The Hall–Kier alpha value is -2.39. The van der Waals surface area contributed by atoms with Gasteiger partial charge in [0.1, 0.15) is 0 Å². The van der Waals surface area contributed by atoms with Crippen LogP contribution in [0.3, 0.4) is 0 Å². The second-order valence-corrected chi connectivity index (χ2v) is 7.39. The predicted molar refractivity (Wildman–Crippen MR) is 109 cm³/mol. The highest BCUT2D eigenvalue weighted by Gasteiger charge is 2.22. The molecular formula is C23H27N3. The van der Waals surface area contributed by atoms with Crippen molar-refractivity contribution in [3.8, 4) is 0 Å². The summed E-state index contributed by atoms with van der Waals surface area (Å²) < 4.78 is 0. The molecule has 3 heteroatoms. The molecule has 0 bridgehead atoms. The van der Waals surface area contributed by atoms with Crippen LogP contribution in [-0.4, -0.2) is 17.1 Å². The lowest BCUT2D eigenvalue weighted by atomic mass is 9.90. The normalized spacial score (nSPS) is 21.4. The Morgan fingerprint density at radius 2 is 1.65 bits per heavy atom. The van der Waals surface area contributed by atoms with Crippen molar-refractivity contribution in [2.45, 2.75) is 50.7 Å². The van der Waals surface area contributed by atoms with Crippen molar-refractivity contribution in [1.82, 2.24) is 10.3 Å². The molecule has 3 nitrogen and oxygen atoms in total. The van der Waals surface area contributed by atoms with Gasteiger partial charge in [-0.2, -0.15) is 0 Å². The van der Waals surface area contributed by atoms with Crippen LogP contribution in [0.25, 0.3) is 10.8 Å². The number of benzene rings is 2. The minimum Gasteiger partial charge on any atom is -0.382 e. The van der Waals surface area contributed by atoms with Gasteiger partial charge >= 0.3 is 0 Å². The van der Waals surface area contributed by atoms with Gasteiger partial charge in [0.25, 0.3) is 0 Å². The van der Waals surface area contributed by atoms with E-state index in [1.807, 2.05) is 12.4 Å². The Morgan fingerprint density at radius 1 is 0.885 bits per heavy atom. The first-order chi connectivity index (χ1) is 12.8. The molecule has 1 aliphatic carbocycles. The summed E-state index contributed by atoms with van der Waals surface area (Å²) in [7, 11) is 0. The van der Waals surface area contributed by atoms with Crippen molar-refractivity contribution in [3.05, 3.63) is 72.6 Å². The molecule has 26 heavy (non-hydrogen) atoms. The van der Waals surface area contributed by atoms with Gasteiger partial charge in [0.2, 0.25) is 0 Å². The van der Waals surface area contributed by atoms with E-state index in [2.05, 4.69) is 77.1 Å². The lowest BCUT2D eigenvalue weighted by Gasteiger charge is -2.32. The first-order valence-electron chi connectivity index (χ1n) is 9.70. The summed E-state index contributed by atoms with van der Waals surface area (Å²) in [5.74, 6) is 0. The number of nitrogens with one attached hydrogen (secondary N) is 2. The van der Waals surface area contributed by atoms with Crippen molar-refractivity contribution in [2.75, 3.05) is 5.32 Å². The van der Waals surface area contributed by atoms with Crippen molar-refractivity contribution < 1.29 is 0 Å². The third kappa shape index (κ3) is 3.88. The van der Waals surface area contributed by atoms with E-state index in [9.17, 15) is 0 Å². The fourth-order valence-electron chi connectivity index (χ4n) is 4.06. The highest BCUT2D eigenvalue weighted by molar-refractivity contribution is 5.93. The summed E-state index contributed by atoms with van der Waals surface area (Å²) in [6, 6.07) is 20.8. The molecule has 2 aromatic carbocycles. The van der Waals surface area contributed by atoms with E-state index in [-0.39, 0.29) is 0 Å². The standard InChI is InChI=1S/C23H27N3/c1-17(18-6-3-2-4-7-18)25-20-10-12-21(13-11-20)26-23-9-5-8-19-16-24-15-14-22(19)23/h2-9,14-17,20-21,25-26H,10-13H2,1H3. The van der Waals surface area contributed by atoms with Crippen LogP contribution in [0.4, 0.5) is 5.69 Å². The zero-order valence-corrected chi connectivity index (χ0v) is 15.4. The molecule has 1 aromatic heterocycles. The molecule has 1 aliphatic rings. The molecule has 1 heterocycles. The molecule has 4 rings (SSSR count). The monoisotopic (exact) mass is 345 g/mol. The maximum atomic E-state index is 4.23. The van der Waals surface area contributed by atoms with Gasteiger partial charge in [0.05, 0.1) is 0 Å². The predicted octanol–water partition coefficient (Wildman–Crippen LogP) is 5.31. The maximum absolute atomic E-state index is 4.23. The molecule has 1 unspecified atom stereocenters. The molecule has 134 valence electrons. The topological polar surface area (TPSA) is 37.0 Å². The van der Waals surface area contributed by atoms with Gasteiger partial charge in [-0.3, -0.25) is 4.98 Å². The maximum Gasteiger partial charge on any atom is 0.0423 e. The van der Waals surface area contributed by atoms with Crippen molar-refractivity contribution >= 4 is 16.5 Å². The number of aromatic nitrogens is 1. The third-order valence-electron chi connectivity index (χ3n) is 5.55. The van der Waals surface area contributed by atoms with Crippen LogP contribution >= 0.6 is 0 Å². The summed E-state index contributed by atoms with van der Waals surface area (Å²) in [6.45, 7) is 2.27. The van der Waals surface area contributed by atoms with Gasteiger partial charge in [-0.15, -0.1) is 0 Å². The van der Waals surface area contributed by atoms with Crippen LogP contribution in [-0.2, 0) is 0 Å². The molecular weight excluding hydrogens is 318 g/mol. The summed E-state index contributed by atoms with van der Waals surface area (Å²) in [5, 5.41) is 10.0. The number of hydrogen-bond donors (Lipinski definition) is 2. The van der Waals surface area contributed by atoms with E-state index in [1.54, 1.807) is 0 Å². The number of anilines is 1. The number of fused-ring (bicyclic) bond motifs is 1. The van der Waals surface area contributed by atoms with E-state index in [0.29, 0.717) is 18.1 Å². The third-order valence-corrected chi connectivity index (χ3v) is 5.55. The Bertz CT molecular complexity index is 833. The van der Waals surface area contributed by atoms with Gasteiger partial charge in [-0.25, -0.2) is 0 Å². The summed E-state index contributed by atoms with van der Waals surface area (Å²) in [4.78, 5) is 4.23. The van der Waals surface area contributed by atoms with Crippen molar-refractivity contribution in [1.29, 1.82) is 0 Å². The molecule has 0 aliphatic heterocycles. The SMILES string of the molecule is CC(NC1CCC(Nc2cccc3cnccc23)CC1)c1ccccc1. The van der Waals surface area contributed by atoms with E-state index in [0.717, 1.165) is 0 Å². The van der Waals surface area contributed by atoms with Crippen molar-refractivity contribution in [2.24, 2.45) is 0 Å². The van der Waals surface area contributed by atoms with E-state index in [1.165, 1.54) is 47.7 Å². The molecule has 1 saturated carbocycles. The van der Waals surface area contributed by atoms with Crippen LogP contribution in [0.15, 0.2) is 67.0 Å². The summed E-state index contributed by atoms with van der Waals surface area (Å²) in [5.41, 5.74) is 2.61. The van der Waals surface area contributed by atoms with Gasteiger partial charge < -0.3 is 10.6 Å². The zero-order chi connectivity index (χ0) is 17.8. The molecule has 1 fully saturated rings. The summed E-state index contributed by atoms with van der Waals surface area (Å²) in [6.07, 6.45) is 8.68. The minimum atomic E-state index is 0.413. The Balaban J connectivity index is 1.34. The fourth-order valence-corrected chi connectivity index (χ4v) is 4.06. The van der Waals surface area contributed by atoms with E-state index >= 15 is 0 Å². The largest absolute Gasteiger partial charge is 0.382 e. The molecule has 2 N–H and O–H groups in total. The smallest absolute Gasteiger partial charge is 0.0423 e. The van der Waals surface area contributed by atoms with Gasteiger partial charge in [-0.1, -0.05) is 42.5 Å². The van der Waals surface area contributed by atoms with Crippen LogP contribution in [0.1, 0.15) is 44.2 Å². The number of rotatable bonds is 5. The molecule has 0 spiro atoms. The van der Waals surface area contributed by atoms with E-state index in [4.69, 9.17) is 0 Å². The quantitative estimate of drug-likeness (QED) is 0.658. The second-order valence-electron chi connectivity index (χ2n) is 7.39. The lowest BCUT2D eigenvalue weighted by Crippen LogP contribution is -2.38. The lowest BCUT2D eigenvalue weighted by molar-refractivity contribution is 0.331.